The van der Waals surface area contributed by atoms with Gasteiger partial charge < -0.3 is 24.2 Å². The van der Waals surface area contributed by atoms with Gasteiger partial charge in [0.25, 0.3) is 0 Å². The van der Waals surface area contributed by atoms with E-state index in [4.69, 9.17) is 9.47 Å². The molecule has 5 rings (SSSR count). The van der Waals surface area contributed by atoms with Gasteiger partial charge >= 0.3 is 6.09 Å². The summed E-state index contributed by atoms with van der Waals surface area (Å²) in [5, 5.41) is 0. The van der Waals surface area contributed by atoms with Gasteiger partial charge in [-0.2, -0.15) is 0 Å². The van der Waals surface area contributed by atoms with Gasteiger partial charge in [-0.1, -0.05) is 12.1 Å². The summed E-state index contributed by atoms with van der Waals surface area (Å²) in [7, 11) is 0. The summed E-state index contributed by atoms with van der Waals surface area (Å²) in [6.45, 7) is 9.28. The van der Waals surface area contributed by atoms with Crippen molar-refractivity contribution in [3.8, 4) is 0 Å². The molecule has 1 spiro atoms. The summed E-state index contributed by atoms with van der Waals surface area (Å²) < 4.78 is 10.8. The first-order chi connectivity index (χ1) is 16.0. The summed E-state index contributed by atoms with van der Waals surface area (Å²) >= 11 is 0. The molecule has 33 heavy (non-hydrogen) atoms. The van der Waals surface area contributed by atoms with Crippen LogP contribution in [0.4, 0.5) is 10.5 Å². The second-order valence-corrected chi connectivity index (χ2v) is 10.1. The Morgan fingerprint density at radius 3 is 2.39 bits per heavy atom. The van der Waals surface area contributed by atoms with Crippen molar-refractivity contribution in [1.29, 1.82) is 0 Å². The van der Waals surface area contributed by atoms with Gasteiger partial charge in [0.2, 0.25) is 5.91 Å². The highest BCUT2D eigenvalue weighted by Crippen LogP contribution is 2.49. The number of hydrogen-bond acceptors (Lipinski definition) is 5. The van der Waals surface area contributed by atoms with Gasteiger partial charge in [-0.15, -0.1) is 0 Å². The molecular formula is C26H37N3O4. The Morgan fingerprint density at radius 2 is 1.73 bits per heavy atom. The van der Waals surface area contributed by atoms with Crippen LogP contribution in [0, 0.1) is 6.92 Å². The predicted molar refractivity (Wildman–Crippen MR) is 127 cm³/mol. The number of fused-ring (bicyclic) bond motifs is 2. The number of benzene rings is 1. The molecule has 0 aromatic heterocycles. The van der Waals surface area contributed by atoms with E-state index in [0.717, 1.165) is 70.4 Å². The lowest BCUT2D eigenvalue weighted by atomic mass is 9.75. The van der Waals surface area contributed by atoms with Crippen LogP contribution in [0.5, 0.6) is 0 Å². The first-order valence-corrected chi connectivity index (χ1v) is 12.7. The highest BCUT2D eigenvalue weighted by atomic mass is 16.6. The quantitative estimate of drug-likeness (QED) is 0.698. The van der Waals surface area contributed by atoms with Gasteiger partial charge in [-0.25, -0.2) is 4.79 Å². The fourth-order valence-corrected chi connectivity index (χ4v) is 6.40. The second-order valence-electron chi connectivity index (χ2n) is 10.1. The maximum absolute atomic E-state index is 13.9. The molecule has 3 saturated heterocycles. The molecule has 4 aliphatic rings. The third-order valence-corrected chi connectivity index (χ3v) is 8.27. The van der Waals surface area contributed by atoms with E-state index in [9.17, 15) is 9.59 Å². The van der Waals surface area contributed by atoms with Crippen molar-refractivity contribution < 1.29 is 19.1 Å². The van der Waals surface area contributed by atoms with Crippen LogP contribution >= 0.6 is 0 Å². The van der Waals surface area contributed by atoms with Gasteiger partial charge in [-0.3, -0.25) is 4.79 Å². The Labute approximate surface area is 197 Å². The Bertz CT molecular complexity index is 882. The van der Waals surface area contributed by atoms with Gasteiger partial charge in [0, 0.05) is 57.2 Å². The maximum atomic E-state index is 13.9. The minimum absolute atomic E-state index is 0.182. The second kappa shape index (κ2) is 9.26. The summed E-state index contributed by atoms with van der Waals surface area (Å²) in [4.78, 5) is 32.5. The maximum Gasteiger partial charge on any atom is 0.409 e. The number of nitrogens with zero attached hydrogens (tertiary/aromatic N) is 3. The van der Waals surface area contributed by atoms with E-state index >= 15 is 0 Å². The van der Waals surface area contributed by atoms with Gasteiger partial charge in [0.05, 0.1) is 12.0 Å². The van der Waals surface area contributed by atoms with Crippen molar-refractivity contribution in [2.45, 2.75) is 69.9 Å². The highest BCUT2D eigenvalue weighted by Gasteiger charge is 2.53. The molecule has 0 unspecified atom stereocenters. The van der Waals surface area contributed by atoms with Crippen molar-refractivity contribution >= 4 is 17.7 Å². The van der Waals surface area contributed by atoms with E-state index in [0.29, 0.717) is 31.8 Å². The molecule has 4 heterocycles. The SMILES string of the molecule is CCOC(=O)N1CCC(N2CCC(N3C(=O)C4(CCOCC4)c4ccc(C)cc43)CC2)CC1. The number of amides is 2. The smallest absolute Gasteiger partial charge is 0.409 e. The molecule has 2 amide bonds. The average molecular weight is 456 g/mol. The van der Waals surface area contributed by atoms with Crippen LogP contribution in [0.1, 0.15) is 56.6 Å². The number of likely N-dealkylation sites (tertiary alicyclic amines) is 2. The Balaban J connectivity index is 1.25. The van der Waals surface area contributed by atoms with Crippen LogP contribution in [-0.2, 0) is 19.7 Å². The van der Waals surface area contributed by atoms with E-state index in [1.165, 1.54) is 11.1 Å². The molecule has 4 aliphatic heterocycles. The summed E-state index contributed by atoms with van der Waals surface area (Å²) in [5.74, 6) is 0.299. The minimum atomic E-state index is -0.391. The lowest BCUT2D eigenvalue weighted by Gasteiger charge is -2.43. The number of hydrogen-bond donors (Lipinski definition) is 0. The number of carbonyl (C=O) groups is 2. The van der Waals surface area contributed by atoms with E-state index in [1.54, 1.807) is 0 Å². The third kappa shape index (κ3) is 4.03. The predicted octanol–water partition coefficient (Wildman–Crippen LogP) is 3.48. The van der Waals surface area contributed by atoms with Crippen LogP contribution in [0.3, 0.4) is 0 Å². The molecule has 1 aromatic rings. The highest BCUT2D eigenvalue weighted by molar-refractivity contribution is 6.08. The molecule has 0 aliphatic carbocycles. The number of piperidine rings is 2. The number of anilines is 1. The Hall–Kier alpha value is -2.12. The lowest BCUT2D eigenvalue weighted by Crippen LogP contribution is -2.54. The molecule has 0 saturated carbocycles. The average Bonchev–Trinajstić information content (AvgIpc) is 3.06. The number of carbonyl (C=O) groups excluding carboxylic acids is 2. The van der Waals surface area contributed by atoms with Gasteiger partial charge in [-0.05, 0) is 69.6 Å². The first kappa shape index (κ1) is 22.7. The fraction of sp³-hybridized carbons (Fsp3) is 0.692. The number of ether oxygens (including phenoxy) is 2. The summed E-state index contributed by atoms with van der Waals surface area (Å²) in [5.41, 5.74) is 3.18. The summed E-state index contributed by atoms with van der Waals surface area (Å²) in [6.07, 6.45) is 5.40. The van der Waals surface area contributed by atoms with E-state index in [2.05, 4.69) is 34.9 Å². The van der Waals surface area contributed by atoms with Gasteiger partial charge in [0.1, 0.15) is 0 Å². The molecule has 0 bridgehead atoms. The zero-order valence-electron chi connectivity index (χ0n) is 20.1. The molecule has 3 fully saturated rings. The number of aryl methyl sites for hydroxylation is 1. The largest absolute Gasteiger partial charge is 0.450 e. The van der Waals surface area contributed by atoms with Crippen LogP contribution in [0.2, 0.25) is 0 Å². The van der Waals surface area contributed by atoms with E-state index in [1.807, 2.05) is 11.8 Å². The molecule has 7 nitrogen and oxygen atoms in total. The molecule has 7 heteroatoms. The van der Waals surface area contributed by atoms with E-state index in [-0.39, 0.29) is 12.1 Å². The Kier molecular flexibility index (Phi) is 6.36. The number of rotatable bonds is 3. The van der Waals surface area contributed by atoms with Crippen LogP contribution in [0.15, 0.2) is 18.2 Å². The van der Waals surface area contributed by atoms with Crippen LogP contribution in [-0.4, -0.2) is 79.9 Å². The minimum Gasteiger partial charge on any atom is -0.450 e. The van der Waals surface area contributed by atoms with Crippen LogP contribution < -0.4 is 4.90 Å². The third-order valence-electron chi connectivity index (χ3n) is 8.27. The first-order valence-electron chi connectivity index (χ1n) is 12.7. The lowest BCUT2D eigenvalue weighted by molar-refractivity contribution is -0.127. The normalized spacial score (nSPS) is 24.4. The van der Waals surface area contributed by atoms with Crippen molar-refractivity contribution in [3.05, 3.63) is 29.3 Å². The molecule has 0 atom stereocenters. The molecular weight excluding hydrogens is 418 g/mol. The Morgan fingerprint density at radius 1 is 1.06 bits per heavy atom. The molecule has 1 aromatic carbocycles. The monoisotopic (exact) mass is 455 g/mol. The van der Waals surface area contributed by atoms with Gasteiger partial charge in [0.15, 0.2) is 0 Å². The zero-order chi connectivity index (χ0) is 23.0. The van der Waals surface area contributed by atoms with Crippen molar-refractivity contribution in [1.82, 2.24) is 9.80 Å². The zero-order valence-corrected chi connectivity index (χ0v) is 20.1. The van der Waals surface area contributed by atoms with Crippen LogP contribution in [0.25, 0.3) is 0 Å². The summed E-state index contributed by atoms with van der Waals surface area (Å²) in [6, 6.07) is 7.34. The van der Waals surface area contributed by atoms with Crippen molar-refractivity contribution in [2.75, 3.05) is 50.9 Å². The standard InChI is InChI=1S/C26H37N3O4/c1-3-33-25(31)28-14-6-20(7-15-28)27-12-8-21(9-13-27)29-23-18-19(2)4-5-22(23)26(24(29)30)10-16-32-17-11-26/h4-5,18,20-21H,3,6-17H2,1-2H3. The fourth-order valence-electron chi connectivity index (χ4n) is 6.40. The molecule has 0 N–H and O–H groups in total. The molecule has 0 radical (unpaired) electrons. The van der Waals surface area contributed by atoms with E-state index < -0.39 is 5.41 Å². The molecule has 180 valence electrons. The topological polar surface area (TPSA) is 62.3 Å². The van der Waals surface area contributed by atoms with Crippen molar-refractivity contribution in [3.63, 3.8) is 0 Å². The van der Waals surface area contributed by atoms with Crippen molar-refractivity contribution in [2.24, 2.45) is 0 Å².